The Morgan fingerprint density at radius 3 is 0.515 bits per heavy atom. The molecule has 178 valence electrons. The molecule has 0 saturated heterocycles. The van der Waals surface area contributed by atoms with Gasteiger partial charge in [-0.15, -0.1) is 0 Å². The Balaban J connectivity index is -0.0000000207. The Morgan fingerprint density at radius 2 is 0.515 bits per heavy atom. The van der Waals surface area contributed by atoms with Crippen LogP contribution in [0, 0.1) is 0 Å². The maximum Gasteiger partial charge on any atom is 2.00 e. The molecule has 0 aliphatic heterocycles. The average molecular weight is 1260 g/mol. The second kappa shape index (κ2) is 39.8. The summed E-state index contributed by atoms with van der Waals surface area (Å²) in [5, 5.41) is 125. The van der Waals surface area contributed by atoms with Crippen LogP contribution in [0.4, 0.5) is 0 Å². The van der Waals surface area contributed by atoms with Crippen molar-refractivity contribution in [1.29, 1.82) is 0 Å². The Morgan fingerprint density at radius 1 is 0.394 bits per heavy atom. The zero-order valence-corrected chi connectivity index (χ0v) is 37.4. The van der Waals surface area contributed by atoms with Crippen LogP contribution in [0.2, 0.25) is 0 Å². The summed E-state index contributed by atoms with van der Waals surface area (Å²) in [6.45, 7) is -0.0116. The van der Waals surface area contributed by atoms with Gasteiger partial charge in [0.2, 0.25) is 0 Å². The zero-order valence-electron chi connectivity index (χ0n) is 15.8. The first-order valence-electron chi connectivity index (χ1n) is 5.49. The Hall–Kier alpha value is 5.65. The van der Waals surface area contributed by atoms with E-state index in [0.29, 0.717) is 35.6 Å². The molecule has 0 saturated carbocycles. The zero-order chi connectivity index (χ0) is 22.2. The van der Waals surface area contributed by atoms with Gasteiger partial charge in [-0.05, 0) is 0 Å². The minimum Gasteiger partial charge on any atom is -0.879 e. The van der Waals surface area contributed by atoms with Crippen LogP contribution in [0.15, 0.2) is 0 Å². The van der Waals surface area contributed by atoms with Crippen LogP contribution in [0.1, 0.15) is 0 Å². The van der Waals surface area contributed by atoms with Gasteiger partial charge in [-0.1, -0.05) is 0 Å². The maximum absolute atomic E-state index is 9.29. The quantitative estimate of drug-likeness (QED) is 0.142. The van der Waals surface area contributed by atoms with Crippen LogP contribution < -0.4 is 61.3 Å². The van der Waals surface area contributed by atoms with Gasteiger partial charge in [0, 0.05) is 11.5 Å². The molecule has 0 heterocycles. The molecule has 0 atom stereocenters. The first-order chi connectivity index (χ1) is 11.3. The van der Waals surface area contributed by atoms with Gasteiger partial charge < -0.3 is 104 Å². The van der Waals surface area contributed by atoms with E-state index in [1.165, 1.54) is 0 Å². The summed E-state index contributed by atoms with van der Waals surface area (Å²) in [6.07, 6.45) is 0. The van der Waals surface area contributed by atoms with Crippen molar-refractivity contribution in [3.05, 3.63) is 0 Å². The van der Waals surface area contributed by atoms with Crippen molar-refractivity contribution in [1.82, 2.24) is 0 Å². The maximum atomic E-state index is 9.29. The molecule has 14 radical (unpaired) electrons. The minimum atomic E-state index is -4.98. The molecular weight excluding hydrogens is 1250 g/mol. The molecule has 0 aliphatic rings. The van der Waals surface area contributed by atoms with E-state index in [-0.39, 0.29) is 181 Å². The predicted octanol–water partition coefficient (Wildman–Crippen LogP) is -18.1. The second-order valence-electron chi connectivity index (χ2n) is 3.32. The third-order valence-electron chi connectivity index (χ3n) is 1.10. The molecule has 0 bridgehead atoms. The molecule has 2 N–H and O–H groups in total. The van der Waals surface area contributed by atoms with Gasteiger partial charge in [-0.3, -0.25) is 24.1 Å². The number of aliphatic hydroxyl groups excluding tert-OH is 2. The summed E-state index contributed by atoms with van der Waals surface area (Å²) in [6, 6.07) is 0. The van der Waals surface area contributed by atoms with Crippen LogP contribution >= 0.6 is 24.1 Å². The van der Waals surface area contributed by atoms with E-state index >= 15 is 0 Å². The molecule has 0 spiro atoms. The van der Waals surface area contributed by atoms with E-state index < -0.39 is 23.9 Å². The van der Waals surface area contributed by atoms with Gasteiger partial charge in [0.05, 0.1) is 13.2 Å². The summed E-state index contributed by atoms with van der Waals surface area (Å²) < 4.78 is 18.6. The summed E-state index contributed by atoms with van der Waals surface area (Å²) >= 11 is 0.803. The van der Waals surface area contributed by atoms with Crippen LogP contribution in [0.5, 0.6) is 0 Å². The predicted molar refractivity (Wildman–Crippen MR) is 91.8 cm³/mol. The molecule has 0 aromatic heterocycles. The van der Waals surface area contributed by atoms with E-state index in [9.17, 15) is 9.11 Å². The molecule has 25 heteroatoms. The van der Waals surface area contributed by atoms with Gasteiger partial charge in [0.1, 0.15) is 0 Å². The van der Waals surface area contributed by atoms with Crippen LogP contribution in [-0.4, -0.2) is 235 Å². The summed E-state index contributed by atoms with van der Waals surface area (Å²) in [5.74, 6) is -19.3. The van der Waals surface area contributed by atoms with Crippen molar-refractivity contribution in [2.75, 3.05) is 24.7 Å². The Bertz CT molecular complexity index is 255. The molecule has 0 amide bonds. The van der Waals surface area contributed by atoms with Gasteiger partial charge in [-0.2, -0.15) is 0 Å². The monoisotopic (exact) mass is 1270 g/mol. The van der Waals surface area contributed by atoms with Crippen molar-refractivity contribution in [2.45, 2.75) is 23.9 Å². The van der Waals surface area contributed by atoms with Crippen LogP contribution in [-0.2, 0) is 0 Å². The fourth-order valence-corrected chi connectivity index (χ4v) is 0.224. The first kappa shape index (κ1) is 71.7. The molecule has 16 nitrogen and oxygen atoms in total. The second-order valence-corrected chi connectivity index (χ2v) is 4.60. The van der Waals surface area contributed by atoms with Crippen molar-refractivity contribution in [2.24, 2.45) is 0 Å². The summed E-state index contributed by atoms with van der Waals surface area (Å²) in [7, 11) is 0. The van der Waals surface area contributed by atoms with Crippen molar-refractivity contribution in [3.63, 3.8) is 0 Å². The number of hydrogen-bond acceptors (Lipinski definition) is 18. The Labute approximate surface area is 315 Å². The van der Waals surface area contributed by atoms with E-state index in [0.717, 1.165) is 0 Å². The van der Waals surface area contributed by atoms with E-state index in [2.05, 4.69) is 0 Å². The minimum absolute atomic E-state index is 0. The van der Waals surface area contributed by atoms with Gasteiger partial charge in [-0.25, -0.2) is 0 Å². The summed E-state index contributed by atoms with van der Waals surface area (Å²) in [4.78, 5) is 0. The van der Waals surface area contributed by atoms with Crippen molar-refractivity contribution < 1.29 is 80.6 Å². The molecule has 0 aliphatic carbocycles. The summed E-state index contributed by atoms with van der Waals surface area (Å²) in [5.41, 5.74) is 0. The fourth-order valence-electron chi connectivity index (χ4n) is 0.0745. The van der Waals surface area contributed by atoms with Crippen LogP contribution in [0.25, 0.3) is 0 Å². The van der Waals surface area contributed by atoms with Gasteiger partial charge in [0.15, 0.2) is 0 Å². The van der Waals surface area contributed by atoms with Crippen molar-refractivity contribution >= 4 is 191 Å². The van der Waals surface area contributed by atoms with E-state index in [1.54, 1.807) is 0 Å². The molecule has 0 aromatic carbocycles. The molecule has 33 heavy (non-hydrogen) atoms. The molecule has 0 aromatic rings. The third kappa shape index (κ3) is 62.6. The fraction of sp³-hybridized carbons (Fsp3) is 1.00. The number of rotatable bonds is 6. The largest absolute Gasteiger partial charge is 2.00 e. The number of hydrogen-bond donors (Lipinski definition) is 2. The van der Waals surface area contributed by atoms with Crippen LogP contribution in [0.3, 0.4) is 0 Å². The Kier molecular flexibility index (Phi) is 86.4. The smallest absolute Gasteiger partial charge is 0.879 e. The third-order valence-corrected chi connectivity index (χ3v) is 1.80. The SMILES string of the molecule is [O-]C([O-])([O-])C([O-])([O-])[O-].[O-]C([O-])([O-])C([O-])([O-])[O-].[O-]SCCO.[O-]SCCO.[Sn+2].[Sn+2].[Sn+2].[Sn+2].[Sn+2].[Sn+2].[Sn+2]. The van der Waals surface area contributed by atoms with E-state index in [1.807, 2.05) is 0 Å². The van der Waals surface area contributed by atoms with E-state index in [4.69, 9.17) is 71.5 Å². The van der Waals surface area contributed by atoms with Gasteiger partial charge >= 0.3 is 167 Å². The normalized spacial score (nSPS) is 9.45. The van der Waals surface area contributed by atoms with Crippen molar-refractivity contribution in [3.8, 4) is 0 Å². The molecular formula is C8H10O16S2Sn7. The standard InChI is InChI=1S/2C2O6.2C2H6O2S.7Sn/c2*3-1(4,5)2(6,7)8;2*3-1-2-5-4;;;;;;;/h;;2*3-4H,1-2H2;;;;;;;/q2*-6;;;7*+2/p-2. The number of aliphatic hydroxyl groups is 2. The topological polar surface area (TPSA) is 363 Å². The molecule has 0 rings (SSSR count). The van der Waals surface area contributed by atoms with Gasteiger partial charge in [0.25, 0.3) is 0 Å². The molecule has 0 unspecified atom stereocenters. The first-order valence-corrected chi connectivity index (χ1v) is 7.31. The average Bonchev–Trinajstić information content (AvgIpc) is 2.38. The molecule has 0 fully saturated rings.